The number of esters is 1. The lowest BCUT2D eigenvalue weighted by Gasteiger charge is -2.15. The predicted octanol–water partition coefficient (Wildman–Crippen LogP) is 5.77. The van der Waals surface area contributed by atoms with Gasteiger partial charge in [0.1, 0.15) is 11.5 Å². The van der Waals surface area contributed by atoms with Crippen molar-refractivity contribution in [2.75, 3.05) is 20.3 Å². The molecule has 6 nitrogen and oxygen atoms in total. The zero-order chi connectivity index (χ0) is 26.0. The Morgan fingerprint density at radius 1 is 0.865 bits per heavy atom. The lowest BCUT2D eigenvalue weighted by atomic mass is 9.95. The first kappa shape index (κ1) is 25.8. The van der Waals surface area contributed by atoms with Crippen LogP contribution in [0.1, 0.15) is 18.9 Å². The monoisotopic (exact) mass is 497 g/mol. The number of hydrogen-bond acceptors (Lipinski definition) is 5. The van der Waals surface area contributed by atoms with E-state index in [0.29, 0.717) is 18.9 Å². The van der Waals surface area contributed by atoms with Crippen LogP contribution < -0.4 is 15.0 Å². The smallest absolute Gasteiger partial charge is 0.344 e. The van der Waals surface area contributed by atoms with Crippen molar-refractivity contribution in [2.24, 2.45) is 0 Å². The lowest BCUT2D eigenvalue weighted by Crippen LogP contribution is -2.19. The molecule has 0 N–H and O–H groups in total. The van der Waals surface area contributed by atoms with Gasteiger partial charge in [0.05, 0.1) is 13.7 Å². The summed E-state index contributed by atoms with van der Waals surface area (Å²) >= 11 is 0. The molecule has 190 valence electrons. The van der Waals surface area contributed by atoms with Crippen LogP contribution >= 0.6 is 0 Å². The number of carbonyl (C=O) groups excluding carboxylic acids is 1. The van der Waals surface area contributed by atoms with Crippen LogP contribution in [0.25, 0.3) is 22.3 Å². The van der Waals surface area contributed by atoms with E-state index in [1.165, 1.54) is 0 Å². The van der Waals surface area contributed by atoms with Crippen LogP contribution in [0.4, 0.5) is 0 Å². The van der Waals surface area contributed by atoms with E-state index in [1.54, 1.807) is 24.7 Å². The molecule has 4 aromatic rings. The number of nitrogens with zero attached hydrogens (tertiary/aromatic N) is 1. The van der Waals surface area contributed by atoms with Gasteiger partial charge in [0.25, 0.3) is 5.56 Å². The molecular formula is C31H31NO5. The number of ether oxygens (including phenoxy) is 3. The fourth-order valence-electron chi connectivity index (χ4n) is 4.29. The van der Waals surface area contributed by atoms with Gasteiger partial charge in [-0.3, -0.25) is 4.79 Å². The Balaban J connectivity index is 1.48. The number of aromatic nitrogens is 1. The van der Waals surface area contributed by atoms with Crippen molar-refractivity contribution in [1.82, 2.24) is 4.57 Å². The molecule has 0 unspecified atom stereocenters. The molecule has 0 spiro atoms. The van der Waals surface area contributed by atoms with E-state index in [1.807, 2.05) is 72.9 Å². The Bertz CT molecular complexity index is 1410. The Labute approximate surface area is 217 Å². The van der Waals surface area contributed by atoms with Gasteiger partial charge < -0.3 is 18.8 Å². The number of benzene rings is 3. The molecule has 0 amide bonds. The van der Waals surface area contributed by atoms with Gasteiger partial charge in [0.15, 0.2) is 6.61 Å². The summed E-state index contributed by atoms with van der Waals surface area (Å²) in [5.41, 5.74) is 5.09. The van der Waals surface area contributed by atoms with E-state index in [2.05, 4.69) is 12.1 Å². The van der Waals surface area contributed by atoms with E-state index >= 15 is 0 Å². The SMILES string of the molecule is CCOC(=O)COc1cccc(CCCn2cc(-c3ccccc3-c3ccccc3OC)ccc2=O)c1. The second-order valence-electron chi connectivity index (χ2n) is 8.54. The first-order valence-electron chi connectivity index (χ1n) is 12.4. The van der Waals surface area contributed by atoms with Gasteiger partial charge in [-0.05, 0) is 66.3 Å². The average Bonchev–Trinajstić information content (AvgIpc) is 2.93. The summed E-state index contributed by atoms with van der Waals surface area (Å²) < 4.78 is 17.8. The third kappa shape index (κ3) is 6.67. The molecule has 0 aliphatic heterocycles. The van der Waals surface area contributed by atoms with Crippen molar-refractivity contribution in [3.8, 4) is 33.8 Å². The molecule has 0 fully saturated rings. The lowest BCUT2D eigenvalue weighted by molar-refractivity contribution is -0.145. The molecule has 4 rings (SSSR count). The van der Waals surface area contributed by atoms with Crippen LogP contribution in [0.3, 0.4) is 0 Å². The van der Waals surface area contributed by atoms with E-state index in [4.69, 9.17) is 14.2 Å². The zero-order valence-electron chi connectivity index (χ0n) is 21.2. The molecule has 3 aromatic carbocycles. The van der Waals surface area contributed by atoms with Crippen molar-refractivity contribution in [3.05, 3.63) is 107 Å². The average molecular weight is 498 g/mol. The number of pyridine rings is 1. The summed E-state index contributed by atoms with van der Waals surface area (Å²) in [6.07, 6.45) is 3.47. The summed E-state index contributed by atoms with van der Waals surface area (Å²) in [5.74, 6) is 1.04. The van der Waals surface area contributed by atoms with E-state index < -0.39 is 0 Å². The second kappa shape index (κ2) is 12.6. The Hall–Kier alpha value is -4.32. The maximum Gasteiger partial charge on any atom is 0.344 e. The summed E-state index contributed by atoms with van der Waals surface area (Å²) in [5, 5.41) is 0. The van der Waals surface area contributed by atoms with Gasteiger partial charge in [0.2, 0.25) is 0 Å². The number of methoxy groups -OCH3 is 1. The molecule has 0 saturated heterocycles. The van der Waals surface area contributed by atoms with Crippen molar-refractivity contribution in [3.63, 3.8) is 0 Å². The van der Waals surface area contributed by atoms with Crippen LogP contribution in [-0.4, -0.2) is 30.9 Å². The Morgan fingerprint density at radius 3 is 2.41 bits per heavy atom. The standard InChI is InChI=1S/C31H31NO5/c1-3-36-31(34)22-37-25-12-8-10-23(20-25)11-9-19-32-21-24(17-18-30(32)33)26-13-4-5-14-27(26)28-15-6-7-16-29(28)35-2/h4-8,10,12-18,20-21H,3,9,11,19,22H2,1-2H3. The summed E-state index contributed by atoms with van der Waals surface area (Å²) in [6, 6.07) is 27.2. The van der Waals surface area contributed by atoms with Gasteiger partial charge in [-0.15, -0.1) is 0 Å². The zero-order valence-corrected chi connectivity index (χ0v) is 21.2. The molecule has 0 saturated carbocycles. The highest BCUT2D eigenvalue weighted by Gasteiger charge is 2.12. The highest BCUT2D eigenvalue weighted by atomic mass is 16.6. The predicted molar refractivity (Wildman–Crippen MR) is 145 cm³/mol. The highest BCUT2D eigenvalue weighted by molar-refractivity contribution is 5.85. The van der Waals surface area contributed by atoms with E-state index in [-0.39, 0.29) is 18.1 Å². The van der Waals surface area contributed by atoms with Gasteiger partial charge >= 0.3 is 5.97 Å². The highest BCUT2D eigenvalue weighted by Crippen LogP contribution is 2.36. The number of aryl methyl sites for hydroxylation is 2. The van der Waals surface area contributed by atoms with Crippen molar-refractivity contribution >= 4 is 5.97 Å². The minimum atomic E-state index is -0.389. The Morgan fingerprint density at radius 2 is 1.62 bits per heavy atom. The number of carbonyl (C=O) groups is 1. The fourth-order valence-corrected chi connectivity index (χ4v) is 4.29. The molecule has 37 heavy (non-hydrogen) atoms. The van der Waals surface area contributed by atoms with Crippen LogP contribution in [0, 0.1) is 0 Å². The maximum atomic E-state index is 12.6. The molecular weight excluding hydrogens is 466 g/mol. The van der Waals surface area contributed by atoms with Crippen molar-refractivity contribution in [1.29, 1.82) is 0 Å². The number of para-hydroxylation sites is 1. The summed E-state index contributed by atoms with van der Waals surface area (Å²) in [7, 11) is 1.67. The molecule has 6 heteroatoms. The fraction of sp³-hybridized carbons (Fsp3) is 0.226. The molecule has 0 aliphatic carbocycles. The van der Waals surface area contributed by atoms with Crippen LogP contribution in [0.2, 0.25) is 0 Å². The van der Waals surface area contributed by atoms with Gasteiger partial charge in [-0.1, -0.05) is 54.6 Å². The number of rotatable bonds is 11. The Kier molecular flexibility index (Phi) is 8.76. The quantitative estimate of drug-likeness (QED) is 0.246. The molecule has 0 atom stereocenters. The summed E-state index contributed by atoms with van der Waals surface area (Å²) in [6.45, 7) is 2.56. The first-order valence-corrected chi connectivity index (χ1v) is 12.4. The van der Waals surface area contributed by atoms with Crippen molar-refractivity contribution in [2.45, 2.75) is 26.3 Å². The third-order valence-corrected chi connectivity index (χ3v) is 6.04. The second-order valence-corrected chi connectivity index (χ2v) is 8.54. The minimum Gasteiger partial charge on any atom is -0.496 e. The molecule has 0 radical (unpaired) electrons. The molecule has 0 aliphatic rings. The normalized spacial score (nSPS) is 10.6. The molecule has 1 aromatic heterocycles. The van der Waals surface area contributed by atoms with Crippen LogP contribution in [-0.2, 0) is 22.5 Å². The first-order chi connectivity index (χ1) is 18.1. The van der Waals surface area contributed by atoms with E-state index in [9.17, 15) is 9.59 Å². The molecule has 0 bridgehead atoms. The topological polar surface area (TPSA) is 66.8 Å². The maximum absolute atomic E-state index is 12.6. The molecule has 1 heterocycles. The van der Waals surface area contributed by atoms with Gasteiger partial charge in [0, 0.05) is 24.4 Å². The van der Waals surface area contributed by atoms with Crippen LogP contribution in [0.15, 0.2) is 95.9 Å². The van der Waals surface area contributed by atoms with Gasteiger partial charge in [-0.2, -0.15) is 0 Å². The largest absolute Gasteiger partial charge is 0.496 e. The van der Waals surface area contributed by atoms with Crippen molar-refractivity contribution < 1.29 is 19.0 Å². The summed E-state index contributed by atoms with van der Waals surface area (Å²) in [4.78, 5) is 24.2. The number of hydrogen-bond donors (Lipinski definition) is 0. The van der Waals surface area contributed by atoms with Crippen LogP contribution in [0.5, 0.6) is 11.5 Å². The third-order valence-electron chi connectivity index (χ3n) is 6.04. The van der Waals surface area contributed by atoms with E-state index in [0.717, 1.165) is 46.4 Å². The minimum absolute atomic E-state index is 0.0370. The van der Waals surface area contributed by atoms with Gasteiger partial charge in [-0.25, -0.2) is 4.79 Å².